The van der Waals surface area contributed by atoms with Crippen LogP contribution in [0.25, 0.3) is 0 Å². The van der Waals surface area contributed by atoms with Crippen molar-refractivity contribution in [1.82, 2.24) is 5.32 Å². The van der Waals surface area contributed by atoms with Gasteiger partial charge in [-0.2, -0.15) is 0 Å². The number of nitrogens with one attached hydrogen (secondary N) is 1. The van der Waals surface area contributed by atoms with Crippen LogP contribution in [0.1, 0.15) is 31.2 Å². The first-order chi connectivity index (χ1) is 9.72. The summed E-state index contributed by atoms with van der Waals surface area (Å²) in [5, 5.41) is 13.2. The summed E-state index contributed by atoms with van der Waals surface area (Å²) in [5.74, 6) is 1.60. The van der Waals surface area contributed by atoms with E-state index >= 15 is 0 Å². The zero-order valence-electron chi connectivity index (χ0n) is 11.5. The zero-order valence-corrected chi connectivity index (χ0v) is 13.0. The Bertz CT molecular complexity index is 486. The first-order valence-corrected chi connectivity index (χ1v) is 7.96. The van der Waals surface area contributed by atoms with Gasteiger partial charge in [-0.25, -0.2) is 0 Å². The molecule has 1 aromatic carbocycles. The summed E-state index contributed by atoms with van der Waals surface area (Å²) in [6.07, 6.45) is 4.48. The van der Waals surface area contributed by atoms with E-state index in [4.69, 9.17) is 9.47 Å². The minimum atomic E-state index is -0.104. The maximum atomic E-state index is 9.64. The number of rotatable bonds is 4. The normalized spacial score (nSPS) is 20.1. The largest absolute Gasteiger partial charge is 0.486 e. The van der Waals surface area contributed by atoms with Crippen molar-refractivity contribution in [2.75, 3.05) is 19.8 Å². The predicted octanol–water partition coefficient (Wildman–Crippen LogP) is 2.62. The minimum absolute atomic E-state index is 0.104. The molecule has 1 aromatic rings. The summed E-state index contributed by atoms with van der Waals surface area (Å²) >= 11 is 3.59. The highest BCUT2D eigenvalue weighted by Gasteiger charge is 2.32. The molecule has 0 bridgehead atoms. The van der Waals surface area contributed by atoms with Gasteiger partial charge in [0.15, 0.2) is 11.5 Å². The highest BCUT2D eigenvalue weighted by atomic mass is 79.9. The Morgan fingerprint density at radius 2 is 1.80 bits per heavy atom. The Labute approximate surface area is 127 Å². The first kappa shape index (κ1) is 14.2. The van der Waals surface area contributed by atoms with E-state index in [0.29, 0.717) is 13.2 Å². The minimum Gasteiger partial charge on any atom is -0.486 e. The van der Waals surface area contributed by atoms with Crippen LogP contribution in [0.4, 0.5) is 0 Å². The molecule has 4 nitrogen and oxygen atoms in total. The van der Waals surface area contributed by atoms with Crippen LogP contribution in [-0.4, -0.2) is 30.5 Å². The molecule has 1 aliphatic carbocycles. The number of aliphatic hydroxyl groups excluding tert-OH is 1. The van der Waals surface area contributed by atoms with Crippen molar-refractivity contribution in [2.24, 2.45) is 0 Å². The number of hydrogen-bond acceptors (Lipinski definition) is 4. The molecule has 1 heterocycles. The number of ether oxygens (including phenoxy) is 2. The maximum absolute atomic E-state index is 9.64. The molecular weight excluding hydrogens is 322 g/mol. The third kappa shape index (κ3) is 2.80. The summed E-state index contributed by atoms with van der Waals surface area (Å²) in [6, 6.07) is 3.98. The van der Waals surface area contributed by atoms with E-state index in [2.05, 4.69) is 21.2 Å². The van der Waals surface area contributed by atoms with Crippen molar-refractivity contribution >= 4 is 15.9 Å². The average Bonchev–Trinajstić information content (AvgIpc) is 2.94. The van der Waals surface area contributed by atoms with Crippen LogP contribution in [-0.2, 0) is 6.54 Å². The molecule has 1 saturated carbocycles. The highest BCUT2D eigenvalue weighted by molar-refractivity contribution is 9.10. The second-order valence-electron chi connectivity index (χ2n) is 5.59. The molecule has 110 valence electrons. The van der Waals surface area contributed by atoms with Crippen LogP contribution in [0.15, 0.2) is 16.6 Å². The predicted molar refractivity (Wildman–Crippen MR) is 80.3 cm³/mol. The molecule has 0 spiro atoms. The quantitative estimate of drug-likeness (QED) is 0.883. The van der Waals surface area contributed by atoms with Crippen LogP contribution >= 0.6 is 15.9 Å². The van der Waals surface area contributed by atoms with Crippen LogP contribution in [0, 0.1) is 0 Å². The van der Waals surface area contributed by atoms with E-state index in [0.717, 1.165) is 40.9 Å². The fraction of sp³-hybridized carbons (Fsp3) is 0.600. The van der Waals surface area contributed by atoms with E-state index < -0.39 is 0 Å². The van der Waals surface area contributed by atoms with Gasteiger partial charge in [0.1, 0.15) is 13.2 Å². The number of halogens is 1. The Balaban J connectivity index is 1.74. The van der Waals surface area contributed by atoms with Gasteiger partial charge in [-0.1, -0.05) is 28.8 Å². The van der Waals surface area contributed by atoms with Crippen molar-refractivity contribution in [3.05, 3.63) is 22.2 Å². The lowest BCUT2D eigenvalue weighted by Crippen LogP contribution is -2.45. The molecule has 0 atom stereocenters. The average molecular weight is 342 g/mol. The second kappa shape index (κ2) is 5.92. The van der Waals surface area contributed by atoms with Crippen molar-refractivity contribution in [2.45, 2.75) is 37.8 Å². The van der Waals surface area contributed by atoms with Crippen molar-refractivity contribution in [1.29, 1.82) is 0 Å². The molecule has 0 unspecified atom stereocenters. The van der Waals surface area contributed by atoms with Gasteiger partial charge in [-0.05, 0) is 30.5 Å². The standard InChI is InChI=1S/C15H20BrNO3/c16-12-8-14-13(19-5-6-20-14)7-11(12)9-17-15(10-18)3-1-2-4-15/h7-8,17-18H,1-6,9-10H2. The van der Waals surface area contributed by atoms with Crippen LogP contribution in [0.2, 0.25) is 0 Å². The molecule has 0 aromatic heterocycles. The van der Waals surface area contributed by atoms with E-state index in [1.807, 2.05) is 12.1 Å². The number of hydrogen-bond donors (Lipinski definition) is 2. The van der Waals surface area contributed by atoms with Gasteiger partial charge in [-0.15, -0.1) is 0 Å². The van der Waals surface area contributed by atoms with Crippen LogP contribution in [0.3, 0.4) is 0 Å². The molecular formula is C15H20BrNO3. The zero-order chi connectivity index (χ0) is 14.0. The summed E-state index contributed by atoms with van der Waals surface area (Å²) in [7, 11) is 0. The summed E-state index contributed by atoms with van der Waals surface area (Å²) in [5.41, 5.74) is 1.03. The molecule has 20 heavy (non-hydrogen) atoms. The first-order valence-electron chi connectivity index (χ1n) is 7.16. The smallest absolute Gasteiger partial charge is 0.162 e. The van der Waals surface area contributed by atoms with E-state index in [1.165, 1.54) is 12.8 Å². The fourth-order valence-electron chi connectivity index (χ4n) is 2.97. The number of fused-ring (bicyclic) bond motifs is 1. The topological polar surface area (TPSA) is 50.7 Å². The van der Waals surface area contributed by atoms with Gasteiger partial charge < -0.3 is 19.9 Å². The van der Waals surface area contributed by atoms with Gasteiger partial charge in [0.2, 0.25) is 0 Å². The van der Waals surface area contributed by atoms with Crippen molar-refractivity contribution in [3.8, 4) is 11.5 Å². The van der Waals surface area contributed by atoms with Crippen LogP contribution < -0.4 is 14.8 Å². The lowest BCUT2D eigenvalue weighted by Gasteiger charge is -2.29. The molecule has 2 N–H and O–H groups in total. The SMILES string of the molecule is OCC1(NCc2cc3c(cc2Br)OCCO3)CCCC1. The lowest BCUT2D eigenvalue weighted by molar-refractivity contribution is 0.162. The Morgan fingerprint density at radius 1 is 1.15 bits per heavy atom. The highest BCUT2D eigenvalue weighted by Crippen LogP contribution is 2.36. The van der Waals surface area contributed by atoms with Gasteiger partial charge in [0, 0.05) is 16.6 Å². The Morgan fingerprint density at radius 3 is 2.45 bits per heavy atom. The second-order valence-corrected chi connectivity index (χ2v) is 6.44. The molecule has 1 fully saturated rings. The molecule has 0 saturated heterocycles. The van der Waals surface area contributed by atoms with Crippen molar-refractivity contribution < 1.29 is 14.6 Å². The maximum Gasteiger partial charge on any atom is 0.162 e. The summed E-state index contributed by atoms with van der Waals surface area (Å²) in [4.78, 5) is 0. The van der Waals surface area contributed by atoms with Gasteiger partial charge in [0.25, 0.3) is 0 Å². The van der Waals surface area contributed by atoms with E-state index in [9.17, 15) is 5.11 Å². The van der Waals surface area contributed by atoms with Gasteiger partial charge in [0.05, 0.1) is 6.61 Å². The number of benzene rings is 1. The van der Waals surface area contributed by atoms with Gasteiger partial charge >= 0.3 is 0 Å². The molecule has 2 aliphatic rings. The Hall–Kier alpha value is -0.780. The third-order valence-corrected chi connectivity index (χ3v) is 4.97. The molecule has 5 heteroatoms. The molecule has 0 amide bonds. The van der Waals surface area contributed by atoms with Crippen LogP contribution in [0.5, 0.6) is 11.5 Å². The van der Waals surface area contributed by atoms with Gasteiger partial charge in [-0.3, -0.25) is 0 Å². The molecule has 0 radical (unpaired) electrons. The monoisotopic (exact) mass is 341 g/mol. The Kier molecular flexibility index (Phi) is 4.19. The lowest BCUT2D eigenvalue weighted by atomic mass is 9.98. The fourth-order valence-corrected chi connectivity index (χ4v) is 3.43. The summed E-state index contributed by atoms with van der Waals surface area (Å²) in [6.45, 7) is 2.12. The third-order valence-electron chi connectivity index (χ3n) is 4.23. The van der Waals surface area contributed by atoms with Crippen molar-refractivity contribution in [3.63, 3.8) is 0 Å². The summed E-state index contributed by atoms with van der Waals surface area (Å²) < 4.78 is 12.2. The molecule has 3 rings (SSSR count). The van der Waals surface area contributed by atoms with E-state index in [1.54, 1.807) is 0 Å². The molecule has 1 aliphatic heterocycles. The van der Waals surface area contributed by atoms with E-state index in [-0.39, 0.29) is 12.1 Å². The number of aliphatic hydroxyl groups is 1.